The van der Waals surface area contributed by atoms with Gasteiger partial charge in [0.05, 0.1) is 0 Å². The van der Waals surface area contributed by atoms with Crippen molar-refractivity contribution in [3.63, 3.8) is 0 Å². The van der Waals surface area contributed by atoms with Gasteiger partial charge in [-0.25, -0.2) is 4.79 Å². The van der Waals surface area contributed by atoms with Gasteiger partial charge in [-0.3, -0.25) is 0 Å². The van der Waals surface area contributed by atoms with E-state index in [0.717, 1.165) is 55.1 Å². The number of hydrogen-bond acceptors (Lipinski definition) is 4. The van der Waals surface area contributed by atoms with Crippen LogP contribution in [0.3, 0.4) is 0 Å². The van der Waals surface area contributed by atoms with Gasteiger partial charge in [-0.2, -0.15) is 0 Å². The van der Waals surface area contributed by atoms with Crippen LogP contribution in [-0.4, -0.2) is 33.9 Å². The second-order valence-corrected chi connectivity index (χ2v) is 7.70. The number of ether oxygens (including phenoxy) is 1. The summed E-state index contributed by atoms with van der Waals surface area (Å²) >= 11 is 0. The van der Waals surface area contributed by atoms with Crippen molar-refractivity contribution in [1.82, 2.24) is 10.3 Å². The smallest absolute Gasteiger partial charge is 0.504 e. The van der Waals surface area contributed by atoms with Crippen LogP contribution < -0.4 is 10.1 Å². The predicted octanol–water partition coefficient (Wildman–Crippen LogP) is 5.09. The van der Waals surface area contributed by atoms with Gasteiger partial charge < -0.3 is 25.3 Å². The lowest BCUT2D eigenvalue weighted by molar-refractivity contribution is 0.143. The maximum atomic E-state index is 10.7. The van der Waals surface area contributed by atoms with Crippen molar-refractivity contribution < 1.29 is 19.7 Å². The molecule has 0 spiro atoms. The largest absolute Gasteiger partial charge is 0.511 e. The van der Waals surface area contributed by atoms with Crippen molar-refractivity contribution in [3.05, 3.63) is 65.9 Å². The SMILES string of the molecule is O=C(O)Oc1cc2[nH]cc(CCCCC3CC(c4ccccc4)=CCN3)c2cc1O. The number of aromatic amines is 1. The zero-order chi connectivity index (χ0) is 20.9. The van der Waals surface area contributed by atoms with E-state index in [9.17, 15) is 9.90 Å². The maximum Gasteiger partial charge on any atom is 0.511 e. The van der Waals surface area contributed by atoms with E-state index in [1.165, 1.54) is 17.2 Å². The summed E-state index contributed by atoms with van der Waals surface area (Å²) in [6.45, 7) is 0.914. The fraction of sp³-hybridized carbons (Fsp3) is 0.292. The molecule has 2 aromatic carbocycles. The van der Waals surface area contributed by atoms with Gasteiger partial charge in [0, 0.05) is 35.8 Å². The van der Waals surface area contributed by atoms with Crippen molar-refractivity contribution in [2.45, 2.75) is 38.1 Å². The molecule has 1 aromatic heterocycles. The standard InChI is InChI=1S/C24H26N2O4/c27-22-13-20-18(15-26-21(20)14-23(22)30-24(28)29)8-4-5-9-19-12-17(10-11-25-19)16-6-2-1-3-7-16/h1-3,6-7,10,13-15,19,25-27H,4-5,8-9,11-12H2,(H,28,29). The van der Waals surface area contributed by atoms with Crippen LogP contribution in [0.25, 0.3) is 16.5 Å². The van der Waals surface area contributed by atoms with Crippen molar-refractivity contribution in [3.8, 4) is 11.5 Å². The quantitative estimate of drug-likeness (QED) is 0.249. The number of aryl methyl sites for hydroxylation is 1. The first-order chi connectivity index (χ1) is 14.6. The molecule has 6 nitrogen and oxygen atoms in total. The van der Waals surface area contributed by atoms with E-state index in [1.807, 2.05) is 12.3 Å². The second-order valence-electron chi connectivity index (χ2n) is 7.70. The highest BCUT2D eigenvalue weighted by Crippen LogP contribution is 2.33. The average Bonchev–Trinajstić information content (AvgIpc) is 3.13. The summed E-state index contributed by atoms with van der Waals surface area (Å²) in [5.74, 6) is -0.230. The molecule has 1 atom stereocenters. The highest BCUT2D eigenvalue weighted by atomic mass is 16.7. The number of fused-ring (bicyclic) bond motifs is 1. The van der Waals surface area contributed by atoms with Crippen LogP contribution in [0, 0.1) is 0 Å². The van der Waals surface area contributed by atoms with Crippen LogP contribution in [0.4, 0.5) is 4.79 Å². The van der Waals surface area contributed by atoms with Gasteiger partial charge in [0.2, 0.25) is 0 Å². The van der Waals surface area contributed by atoms with E-state index in [4.69, 9.17) is 5.11 Å². The van der Waals surface area contributed by atoms with Crippen molar-refractivity contribution in [2.24, 2.45) is 0 Å². The molecule has 0 fully saturated rings. The number of phenolic OH excluding ortho intramolecular Hbond substituents is 1. The Labute approximate surface area is 175 Å². The first-order valence-corrected chi connectivity index (χ1v) is 10.3. The van der Waals surface area contributed by atoms with E-state index in [1.54, 1.807) is 6.07 Å². The molecular weight excluding hydrogens is 380 g/mol. The molecule has 2 heterocycles. The molecule has 0 aliphatic carbocycles. The monoisotopic (exact) mass is 406 g/mol. The number of benzene rings is 2. The third kappa shape index (κ3) is 4.66. The lowest BCUT2D eigenvalue weighted by Gasteiger charge is -2.24. The van der Waals surface area contributed by atoms with Crippen molar-refractivity contribution in [1.29, 1.82) is 0 Å². The zero-order valence-corrected chi connectivity index (χ0v) is 16.7. The molecule has 0 saturated carbocycles. The number of phenols is 1. The average molecular weight is 406 g/mol. The Balaban J connectivity index is 1.31. The Bertz CT molecular complexity index is 1060. The van der Waals surface area contributed by atoms with Crippen LogP contribution in [0.2, 0.25) is 0 Å². The van der Waals surface area contributed by atoms with Crippen LogP contribution in [0.5, 0.6) is 11.5 Å². The summed E-state index contributed by atoms with van der Waals surface area (Å²) in [4.78, 5) is 13.9. The molecule has 4 N–H and O–H groups in total. The first kappa shape index (κ1) is 20.0. The number of carbonyl (C=O) groups is 1. The van der Waals surface area contributed by atoms with Crippen LogP contribution >= 0.6 is 0 Å². The van der Waals surface area contributed by atoms with E-state index >= 15 is 0 Å². The molecule has 1 unspecified atom stereocenters. The first-order valence-electron chi connectivity index (χ1n) is 10.3. The third-order valence-corrected chi connectivity index (χ3v) is 5.66. The Morgan fingerprint density at radius 2 is 2.00 bits per heavy atom. The summed E-state index contributed by atoms with van der Waals surface area (Å²) in [6, 6.07) is 14.2. The minimum Gasteiger partial charge on any atom is -0.504 e. The number of aromatic nitrogens is 1. The lowest BCUT2D eigenvalue weighted by Crippen LogP contribution is -2.32. The predicted molar refractivity (Wildman–Crippen MR) is 117 cm³/mol. The van der Waals surface area contributed by atoms with Crippen LogP contribution in [0.15, 0.2) is 54.7 Å². The normalized spacial score (nSPS) is 16.4. The molecule has 1 aliphatic heterocycles. The topological polar surface area (TPSA) is 94.6 Å². The van der Waals surface area contributed by atoms with Gasteiger partial charge in [0.25, 0.3) is 0 Å². The molecular formula is C24H26N2O4. The number of rotatable bonds is 7. The molecule has 1 aliphatic rings. The minimum atomic E-state index is -1.45. The Hall–Kier alpha value is -3.25. The molecule has 0 amide bonds. The second kappa shape index (κ2) is 9.05. The molecule has 6 heteroatoms. The number of carboxylic acid groups (broad SMARTS) is 1. The van der Waals surface area contributed by atoms with Crippen LogP contribution in [-0.2, 0) is 6.42 Å². The van der Waals surface area contributed by atoms with E-state index < -0.39 is 6.16 Å². The fourth-order valence-electron chi connectivity index (χ4n) is 4.15. The number of nitrogens with one attached hydrogen (secondary N) is 2. The third-order valence-electron chi connectivity index (χ3n) is 5.66. The molecule has 30 heavy (non-hydrogen) atoms. The Morgan fingerprint density at radius 1 is 1.17 bits per heavy atom. The van der Waals surface area contributed by atoms with E-state index in [0.29, 0.717) is 6.04 Å². The summed E-state index contributed by atoms with van der Waals surface area (Å²) in [5, 5.41) is 23.3. The van der Waals surface area contributed by atoms with Gasteiger partial charge in [-0.05, 0) is 48.4 Å². The molecule has 4 rings (SSSR count). The maximum absolute atomic E-state index is 10.7. The summed E-state index contributed by atoms with van der Waals surface area (Å²) < 4.78 is 4.60. The Kier molecular flexibility index (Phi) is 6.05. The number of hydrogen-bond donors (Lipinski definition) is 4. The summed E-state index contributed by atoms with van der Waals surface area (Å²) in [6.07, 6.45) is 7.98. The summed E-state index contributed by atoms with van der Waals surface area (Å²) in [5.41, 5.74) is 4.61. The fourth-order valence-corrected chi connectivity index (χ4v) is 4.15. The van der Waals surface area contributed by atoms with E-state index in [2.05, 4.69) is 45.4 Å². The molecule has 0 bridgehead atoms. The number of aromatic hydroxyl groups is 1. The van der Waals surface area contributed by atoms with Gasteiger partial charge in [0.15, 0.2) is 11.5 Å². The van der Waals surface area contributed by atoms with Crippen molar-refractivity contribution in [2.75, 3.05) is 6.54 Å². The van der Waals surface area contributed by atoms with Gasteiger partial charge in [-0.15, -0.1) is 0 Å². The highest BCUT2D eigenvalue weighted by Gasteiger charge is 2.16. The molecule has 0 saturated heterocycles. The van der Waals surface area contributed by atoms with Gasteiger partial charge in [-0.1, -0.05) is 42.8 Å². The molecule has 3 aromatic rings. The minimum absolute atomic E-state index is 0.0611. The van der Waals surface area contributed by atoms with E-state index in [-0.39, 0.29) is 11.5 Å². The molecule has 0 radical (unpaired) electrons. The molecule has 156 valence electrons. The van der Waals surface area contributed by atoms with Crippen LogP contribution in [0.1, 0.15) is 36.8 Å². The van der Waals surface area contributed by atoms with Crippen molar-refractivity contribution >= 4 is 22.6 Å². The highest BCUT2D eigenvalue weighted by molar-refractivity contribution is 5.87. The van der Waals surface area contributed by atoms with Gasteiger partial charge in [0.1, 0.15) is 0 Å². The number of unbranched alkanes of at least 4 members (excludes halogenated alkanes) is 1. The lowest BCUT2D eigenvalue weighted by atomic mass is 9.92. The van der Waals surface area contributed by atoms with Gasteiger partial charge >= 0.3 is 6.16 Å². The zero-order valence-electron chi connectivity index (χ0n) is 16.7. The Morgan fingerprint density at radius 3 is 2.80 bits per heavy atom. The number of H-pyrrole nitrogens is 1. The summed E-state index contributed by atoms with van der Waals surface area (Å²) in [7, 11) is 0.